The molecule has 1 rings (SSSR count). The van der Waals surface area contributed by atoms with Gasteiger partial charge in [0.05, 0.1) is 0 Å². The lowest BCUT2D eigenvalue weighted by atomic mass is 10.2. The fraction of sp³-hybridized carbons (Fsp3) is 0.900. The van der Waals surface area contributed by atoms with Gasteiger partial charge in [-0.15, -0.1) is 0 Å². The van der Waals surface area contributed by atoms with Gasteiger partial charge in [-0.1, -0.05) is 5.11 Å². The fourth-order valence-electron chi connectivity index (χ4n) is 1.72. The lowest BCUT2D eigenvalue weighted by Crippen LogP contribution is -2.40. The van der Waals surface area contributed by atoms with Gasteiger partial charge in [0.2, 0.25) is 0 Å². The molecule has 6 nitrogen and oxygen atoms in total. The van der Waals surface area contributed by atoms with Crippen LogP contribution in [0.15, 0.2) is 5.11 Å². The molecule has 0 bridgehead atoms. The number of nitrogens with zero attached hydrogens (tertiary/aromatic N) is 4. The molecule has 1 fully saturated rings. The van der Waals surface area contributed by atoms with Gasteiger partial charge >= 0.3 is 6.09 Å². The monoisotopic (exact) mass is 226 g/mol. The van der Waals surface area contributed by atoms with E-state index in [2.05, 4.69) is 10.0 Å². The topological polar surface area (TPSA) is 78.3 Å². The molecule has 1 aliphatic heterocycles. The number of carbonyl (C=O) groups is 1. The molecule has 1 aliphatic rings. The number of hydrogen-bond donors (Lipinski definition) is 0. The molecule has 1 amide bonds. The molecule has 0 spiro atoms. The van der Waals surface area contributed by atoms with E-state index < -0.39 is 5.60 Å². The third-order valence-electron chi connectivity index (χ3n) is 2.36. The average Bonchev–Trinajstić information content (AvgIpc) is 2.59. The minimum atomic E-state index is -0.483. The molecule has 6 heteroatoms. The van der Waals surface area contributed by atoms with Gasteiger partial charge in [-0.05, 0) is 39.1 Å². The molecular formula is C10H18N4O2. The Hall–Kier alpha value is -1.42. The predicted octanol–water partition coefficient (Wildman–Crippen LogP) is 2.70. The normalized spacial score (nSPS) is 20.4. The van der Waals surface area contributed by atoms with Crippen molar-refractivity contribution in [3.8, 4) is 0 Å². The van der Waals surface area contributed by atoms with E-state index in [1.165, 1.54) is 0 Å². The number of amides is 1. The van der Waals surface area contributed by atoms with E-state index >= 15 is 0 Å². The summed E-state index contributed by atoms with van der Waals surface area (Å²) in [4.78, 5) is 16.2. The Morgan fingerprint density at radius 3 is 2.88 bits per heavy atom. The van der Waals surface area contributed by atoms with Gasteiger partial charge in [-0.2, -0.15) is 0 Å². The number of likely N-dealkylation sites (tertiary alicyclic amines) is 1. The summed E-state index contributed by atoms with van der Waals surface area (Å²) in [6.45, 7) is 6.52. The van der Waals surface area contributed by atoms with Gasteiger partial charge in [0.1, 0.15) is 5.60 Å². The number of rotatable bonds is 2. The summed E-state index contributed by atoms with van der Waals surface area (Å²) in [5.74, 6) is 0. The van der Waals surface area contributed by atoms with Crippen molar-refractivity contribution in [3.05, 3.63) is 10.4 Å². The zero-order chi connectivity index (χ0) is 12.2. The Balaban J connectivity index is 2.57. The SMILES string of the molecule is CC(C)(C)OC(=O)N1CCC[C@@H]1CN=[N+]=[N-]. The molecule has 0 aromatic heterocycles. The van der Waals surface area contributed by atoms with E-state index in [1.807, 2.05) is 20.8 Å². The summed E-state index contributed by atoms with van der Waals surface area (Å²) in [6.07, 6.45) is 1.49. The van der Waals surface area contributed by atoms with E-state index in [1.54, 1.807) is 4.90 Å². The molecular weight excluding hydrogens is 208 g/mol. The Kier molecular flexibility index (Phi) is 4.01. The van der Waals surface area contributed by atoms with Gasteiger partial charge < -0.3 is 9.64 Å². The highest BCUT2D eigenvalue weighted by atomic mass is 16.6. The van der Waals surface area contributed by atoms with Crippen molar-refractivity contribution in [1.29, 1.82) is 0 Å². The maximum atomic E-state index is 11.8. The first-order valence-corrected chi connectivity index (χ1v) is 5.44. The van der Waals surface area contributed by atoms with E-state index in [4.69, 9.17) is 10.3 Å². The molecule has 0 unspecified atom stereocenters. The van der Waals surface area contributed by atoms with Gasteiger partial charge in [0, 0.05) is 24.0 Å². The zero-order valence-corrected chi connectivity index (χ0v) is 10.0. The van der Waals surface area contributed by atoms with E-state index in [9.17, 15) is 4.79 Å². The van der Waals surface area contributed by atoms with Crippen LogP contribution in [0, 0.1) is 0 Å². The van der Waals surface area contributed by atoms with Gasteiger partial charge in [-0.3, -0.25) is 0 Å². The first-order chi connectivity index (χ1) is 7.44. The van der Waals surface area contributed by atoms with Gasteiger partial charge in [-0.25, -0.2) is 4.79 Å². The van der Waals surface area contributed by atoms with Crippen molar-refractivity contribution in [2.24, 2.45) is 5.11 Å². The second-order valence-electron chi connectivity index (χ2n) is 4.88. The molecule has 1 atom stereocenters. The average molecular weight is 226 g/mol. The molecule has 0 radical (unpaired) electrons. The first-order valence-electron chi connectivity index (χ1n) is 5.44. The summed E-state index contributed by atoms with van der Waals surface area (Å²) in [7, 11) is 0. The third kappa shape index (κ3) is 3.62. The smallest absolute Gasteiger partial charge is 0.410 e. The third-order valence-corrected chi connectivity index (χ3v) is 2.36. The van der Waals surface area contributed by atoms with Crippen molar-refractivity contribution in [2.45, 2.75) is 45.3 Å². The highest BCUT2D eigenvalue weighted by Gasteiger charge is 2.31. The van der Waals surface area contributed by atoms with E-state index in [0.717, 1.165) is 12.8 Å². The molecule has 0 aromatic rings. The molecule has 0 N–H and O–H groups in total. The van der Waals surface area contributed by atoms with Crippen molar-refractivity contribution >= 4 is 6.09 Å². The second kappa shape index (κ2) is 5.07. The summed E-state index contributed by atoms with van der Waals surface area (Å²) in [5.41, 5.74) is 7.78. The van der Waals surface area contributed by atoms with Crippen LogP contribution in [0.4, 0.5) is 4.79 Å². The van der Waals surface area contributed by atoms with Crippen molar-refractivity contribution in [3.63, 3.8) is 0 Å². The minimum Gasteiger partial charge on any atom is -0.444 e. The Bertz CT molecular complexity index is 304. The molecule has 0 aliphatic carbocycles. The van der Waals surface area contributed by atoms with Gasteiger partial charge in [0.15, 0.2) is 0 Å². The molecule has 1 heterocycles. The summed E-state index contributed by atoms with van der Waals surface area (Å²) >= 11 is 0. The number of hydrogen-bond acceptors (Lipinski definition) is 3. The van der Waals surface area contributed by atoms with Crippen molar-refractivity contribution < 1.29 is 9.53 Å². The minimum absolute atomic E-state index is 0.00856. The maximum absolute atomic E-state index is 11.8. The maximum Gasteiger partial charge on any atom is 0.410 e. The Morgan fingerprint density at radius 1 is 1.62 bits per heavy atom. The van der Waals surface area contributed by atoms with Crippen LogP contribution in [0.25, 0.3) is 10.4 Å². The second-order valence-corrected chi connectivity index (χ2v) is 4.88. The first kappa shape index (κ1) is 12.6. The molecule has 1 saturated heterocycles. The summed E-state index contributed by atoms with van der Waals surface area (Å²) in [5, 5.41) is 3.51. The van der Waals surface area contributed by atoms with Crippen LogP contribution in [0.3, 0.4) is 0 Å². The number of ether oxygens (including phenoxy) is 1. The van der Waals surface area contributed by atoms with E-state index in [0.29, 0.717) is 13.1 Å². The largest absolute Gasteiger partial charge is 0.444 e. The quantitative estimate of drug-likeness (QED) is 0.412. The van der Waals surface area contributed by atoms with Gasteiger partial charge in [0.25, 0.3) is 0 Å². The van der Waals surface area contributed by atoms with Crippen molar-refractivity contribution in [1.82, 2.24) is 4.90 Å². The zero-order valence-electron chi connectivity index (χ0n) is 10.0. The highest BCUT2D eigenvalue weighted by Crippen LogP contribution is 2.20. The van der Waals surface area contributed by atoms with Crippen LogP contribution in [-0.2, 0) is 4.74 Å². The summed E-state index contributed by atoms with van der Waals surface area (Å²) in [6, 6.07) is -0.00856. The van der Waals surface area contributed by atoms with Crippen LogP contribution >= 0.6 is 0 Å². The lowest BCUT2D eigenvalue weighted by molar-refractivity contribution is 0.0232. The molecule has 0 aromatic carbocycles. The van der Waals surface area contributed by atoms with E-state index in [-0.39, 0.29) is 12.1 Å². The van der Waals surface area contributed by atoms with Crippen LogP contribution in [0.1, 0.15) is 33.6 Å². The lowest BCUT2D eigenvalue weighted by Gasteiger charge is -2.27. The number of azide groups is 1. The number of carbonyl (C=O) groups excluding carboxylic acids is 1. The molecule has 0 saturated carbocycles. The van der Waals surface area contributed by atoms with Crippen LogP contribution in [-0.4, -0.2) is 35.7 Å². The Morgan fingerprint density at radius 2 is 2.31 bits per heavy atom. The highest BCUT2D eigenvalue weighted by molar-refractivity contribution is 5.69. The van der Waals surface area contributed by atoms with Crippen molar-refractivity contribution in [2.75, 3.05) is 13.1 Å². The van der Waals surface area contributed by atoms with Crippen LogP contribution in [0.5, 0.6) is 0 Å². The molecule has 16 heavy (non-hydrogen) atoms. The molecule has 90 valence electrons. The summed E-state index contributed by atoms with van der Waals surface area (Å²) < 4.78 is 5.28. The van der Waals surface area contributed by atoms with Crippen LogP contribution in [0.2, 0.25) is 0 Å². The Labute approximate surface area is 95.2 Å². The predicted molar refractivity (Wildman–Crippen MR) is 60.0 cm³/mol. The standard InChI is InChI=1S/C10H18N4O2/c1-10(2,3)16-9(15)14-6-4-5-8(14)7-12-13-11/h8H,4-7H2,1-3H3/t8-/m1/s1. The fourth-order valence-corrected chi connectivity index (χ4v) is 1.72. The van der Waals surface area contributed by atoms with Crippen LogP contribution < -0.4 is 0 Å².